The van der Waals surface area contributed by atoms with Gasteiger partial charge in [-0.3, -0.25) is 0 Å². The van der Waals surface area contributed by atoms with E-state index in [1.807, 2.05) is 7.05 Å². The van der Waals surface area contributed by atoms with E-state index in [0.29, 0.717) is 25.6 Å². The van der Waals surface area contributed by atoms with Crippen LogP contribution in [0.2, 0.25) is 0 Å². The third-order valence-electron chi connectivity index (χ3n) is 3.82. The van der Waals surface area contributed by atoms with Gasteiger partial charge in [-0.1, -0.05) is 0 Å². The van der Waals surface area contributed by atoms with E-state index in [0.717, 1.165) is 32.4 Å². The summed E-state index contributed by atoms with van der Waals surface area (Å²) in [4.78, 5) is 2.18. The van der Waals surface area contributed by atoms with Crippen molar-refractivity contribution in [2.75, 3.05) is 60.9 Å². The van der Waals surface area contributed by atoms with Crippen LogP contribution >= 0.6 is 0 Å². The molecule has 1 N–H and O–H groups in total. The summed E-state index contributed by atoms with van der Waals surface area (Å²) in [6.45, 7) is 3.76. The molecule has 20 heavy (non-hydrogen) atoms. The Morgan fingerprint density at radius 2 is 1.80 bits per heavy atom. The van der Waals surface area contributed by atoms with Crippen LogP contribution in [0.5, 0.6) is 0 Å². The Kier molecular flexibility index (Phi) is 7.39. The molecule has 0 spiro atoms. The van der Waals surface area contributed by atoms with Gasteiger partial charge in [-0.15, -0.1) is 0 Å². The van der Waals surface area contributed by atoms with Gasteiger partial charge in [0.05, 0.1) is 0 Å². The van der Waals surface area contributed by atoms with E-state index in [1.54, 1.807) is 11.4 Å². The zero-order valence-electron chi connectivity index (χ0n) is 13.3. The number of nitrogens with one attached hydrogen (secondary N) is 1. The topological polar surface area (TPSA) is 55.9 Å². The Morgan fingerprint density at radius 1 is 1.20 bits per heavy atom. The highest BCUT2D eigenvalue weighted by Crippen LogP contribution is 2.21. The first-order chi connectivity index (χ1) is 9.37. The molecule has 0 aromatic rings. The molecule has 0 bridgehead atoms. The van der Waals surface area contributed by atoms with Crippen molar-refractivity contribution in [2.45, 2.75) is 19.3 Å². The minimum atomic E-state index is -3.27. The van der Waals surface area contributed by atoms with E-state index in [9.17, 15) is 8.42 Å². The van der Waals surface area contributed by atoms with Gasteiger partial charge in [0, 0.05) is 33.2 Å². The lowest BCUT2D eigenvalue weighted by atomic mass is 9.98. The van der Waals surface area contributed by atoms with Crippen LogP contribution < -0.4 is 5.32 Å². The molecule has 0 amide bonds. The minimum absolute atomic E-state index is 0.570. The smallest absolute Gasteiger partial charge is 0.281 e. The highest BCUT2D eigenvalue weighted by atomic mass is 32.2. The summed E-state index contributed by atoms with van der Waals surface area (Å²) in [5, 5.41) is 3.04. The Labute approximate surface area is 124 Å². The maximum absolute atomic E-state index is 12.4. The Bertz CT molecular complexity index is 365. The molecule has 0 radical (unpaired) electrons. The number of piperidine rings is 1. The van der Waals surface area contributed by atoms with Crippen molar-refractivity contribution in [1.29, 1.82) is 0 Å². The summed E-state index contributed by atoms with van der Waals surface area (Å²) in [6.07, 6.45) is 2.76. The molecule has 120 valence electrons. The molecule has 0 aromatic carbocycles. The van der Waals surface area contributed by atoms with Crippen molar-refractivity contribution in [3.63, 3.8) is 0 Å². The molecule has 1 fully saturated rings. The van der Waals surface area contributed by atoms with Gasteiger partial charge in [-0.05, 0) is 52.9 Å². The highest BCUT2D eigenvalue weighted by Gasteiger charge is 2.30. The number of hydrogen-bond donors (Lipinski definition) is 1. The minimum Gasteiger partial charge on any atom is -0.320 e. The Hall–Kier alpha value is -0.210. The Balaban J connectivity index is 2.45. The first kappa shape index (κ1) is 17.8. The molecule has 0 atom stereocenters. The van der Waals surface area contributed by atoms with E-state index >= 15 is 0 Å². The molecule has 0 saturated carbocycles. The third-order valence-corrected chi connectivity index (χ3v) is 5.80. The van der Waals surface area contributed by atoms with Gasteiger partial charge in [0.15, 0.2) is 0 Å². The predicted molar refractivity (Wildman–Crippen MR) is 82.9 cm³/mol. The number of nitrogens with zero attached hydrogens (tertiary/aromatic N) is 3. The molecule has 7 heteroatoms. The lowest BCUT2D eigenvalue weighted by Gasteiger charge is -2.34. The van der Waals surface area contributed by atoms with Crippen molar-refractivity contribution < 1.29 is 8.42 Å². The maximum Gasteiger partial charge on any atom is 0.281 e. The average Bonchev–Trinajstić information content (AvgIpc) is 2.38. The second kappa shape index (κ2) is 8.29. The third kappa shape index (κ3) is 5.29. The standard InChI is InChI=1S/C13H30N4O2S/c1-14-8-5-9-16(4)20(18,19)17-10-6-13(7-11-17)12-15(2)3/h13-14H,5-12H2,1-4H3. The zero-order valence-corrected chi connectivity index (χ0v) is 14.1. The van der Waals surface area contributed by atoms with Crippen molar-refractivity contribution in [1.82, 2.24) is 18.8 Å². The van der Waals surface area contributed by atoms with Crippen LogP contribution in [0, 0.1) is 5.92 Å². The summed E-state index contributed by atoms with van der Waals surface area (Å²) >= 11 is 0. The van der Waals surface area contributed by atoms with Crippen LogP contribution in [0.1, 0.15) is 19.3 Å². The number of hydrogen-bond acceptors (Lipinski definition) is 4. The van der Waals surface area contributed by atoms with Gasteiger partial charge in [-0.2, -0.15) is 17.0 Å². The normalized spacial score (nSPS) is 19.1. The zero-order chi connectivity index (χ0) is 15.2. The monoisotopic (exact) mass is 306 g/mol. The molecule has 0 aromatic heterocycles. The van der Waals surface area contributed by atoms with Crippen molar-refractivity contribution in [3.8, 4) is 0 Å². The predicted octanol–water partition coefficient (Wildman–Crippen LogP) is 0.0461. The van der Waals surface area contributed by atoms with Gasteiger partial charge >= 0.3 is 0 Å². The van der Waals surface area contributed by atoms with Gasteiger partial charge in [0.2, 0.25) is 0 Å². The molecule has 1 aliphatic rings. The van der Waals surface area contributed by atoms with Gasteiger partial charge in [-0.25, -0.2) is 0 Å². The fourth-order valence-electron chi connectivity index (χ4n) is 2.63. The molecule has 1 heterocycles. The number of rotatable bonds is 8. The molecular formula is C13H30N4O2S. The van der Waals surface area contributed by atoms with Crippen LogP contribution in [0.15, 0.2) is 0 Å². The second-order valence-corrected chi connectivity index (χ2v) is 7.93. The van der Waals surface area contributed by atoms with Crippen LogP contribution in [0.25, 0.3) is 0 Å². The van der Waals surface area contributed by atoms with E-state index < -0.39 is 10.2 Å². The van der Waals surface area contributed by atoms with Crippen LogP contribution in [0.3, 0.4) is 0 Å². The highest BCUT2D eigenvalue weighted by molar-refractivity contribution is 7.86. The SMILES string of the molecule is CNCCCN(C)S(=O)(=O)N1CCC(CN(C)C)CC1. The van der Waals surface area contributed by atoms with E-state index in [1.165, 1.54) is 4.31 Å². The summed E-state index contributed by atoms with van der Waals surface area (Å²) in [5.41, 5.74) is 0. The van der Waals surface area contributed by atoms with Crippen molar-refractivity contribution in [3.05, 3.63) is 0 Å². The van der Waals surface area contributed by atoms with Crippen molar-refractivity contribution in [2.24, 2.45) is 5.92 Å². The lowest BCUT2D eigenvalue weighted by molar-refractivity contribution is 0.217. The molecule has 1 saturated heterocycles. The lowest BCUT2D eigenvalue weighted by Crippen LogP contribution is -2.47. The van der Waals surface area contributed by atoms with E-state index in [-0.39, 0.29) is 0 Å². The molecule has 1 rings (SSSR count). The fourth-order valence-corrected chi connectivity index (χ4v) is 4.06. The van der Waals surface area contributed by atoms with E-state index in [2.05, 4.69) is 24.3 Å². The van der Waals surface area contributed by atoms with Crippen molar-refractivity contribution >= 4 is 10.2 Å². The Morgan fingerprint density at radius 3 is 2.30 bits per heavy atom. The largest absolute Gasteiger partial charge is 0.320 e. The molecule has 6 nitrogen and oxygen atoms in total. The van der Waals surface area contributed by atoms with Crippen LogP contribution in [-0.4, -0.2) is 82.8 Å². The summed E-state index contributed by atoms with van der Waals surface area (Å²) in [7, 11) is 4.42. The van der Waals surface area contributed by atoms with Gasteiger partial charge < -0.3 is 10.2 Å². The summed E-state index contributed by atoms with van der Waals surface area (Å²) < 4.78 is 28.0. The quantitative estimate of drug-likeness (QED) is 0.644. The van der Waals surface area contributed by atoms with E-state index in [4.69, 9.17) is 0 Å². The van der Waals surface area contributed by atoms with Crippen LogP contribution in [-0.2, 0) is 10.2 Å². The first-order valence-electron chi connectivity index (χ1n) is 7.38. The first-order valence-corrected chi connectivity index (χ1v) is 8.78. The molecular weight excluding hydrogens is 276 g/mol. The van der Waals surface area contributed by atoms with Crippen LogP contribution in [0.4, 0.5) is 0 Å². The molecule has 1 aliphatic heterocycles. The van der Waals surface area contributed by atoms with Gasteiger partial charge in [0.25, 0.3) is 10.2 Å². The fraction of sp³-hybridized carbons (Fsp3) is 1.00. The molecule has 0 unspecified atom stereocenters. The second-order valence-electron chi connectivity index (χ2n) is 5.89. The maximum atomic E-state index is 12.4. The summed E-state index contributed by atoms with van der Waals surface area (Å²) in [6, 6.07) is 0. The summed E-state index contributed by atoms with van der Waals surface area (Å²) in [5.74, 6) is 0.617. The molecule has 0 aliphatic carbocycles. The van der Waals surface area contributed by atoms with Gasteiger partial charge in [0.1, 0.15) is 0 Å². The average molecular weight is 306 g/mol.